The Kier molecular flexibility index (Phi) is 7.22. The fourth-order valence-corrected chi connectivity index (χ4v) is 2.95. The normalized spacial score (nSPS) is 10.3. The highest BCUT2D eigenvalue weighted by Crippen LogP contribution is 2.24. The summed E-state index contributed by atoms with van der Waals surface area (Å²) in [7, 11) is 1.42. The summed E-state index contributed by atoms with van der Waals surface area (Å²) in [6.07, 6.45) is 0. The molecule has 0 atom stereocenters. The highest BCUT2D eigenvalue weighted by atomic mass is 19.1. The molecule has 3 aromatic carbocycles. The molecule has 3 aromatic rings. The topological polar surface area (TPSA) is 79.5 Å². The number of anilines is 2. The zero-order valence-electron chi connectivity index (χ0n) is 17.4. The first-order valence-corrected chi connectivity index (χ1v) is 9.76. The first-order valence-electron chi connectivity index (χ1n) is 9.76. The third-order valence-corrected chi connectivity index (χ3v) is 4.62. The molecule has 0 saturated carbocycles. The second-order valence-electron chi connectivity index (χ2n) is 6.96. The van der Waals surface area contributed by atoms with Crippen molar-refractivity contribution < 1.29 is 18.7 Å². The first-order chi connectivity index (χ1) is 15.0. The standard InChI is InChI=1S/C24H24FN3O3/c1-16-7-9-17(10-8-16)14-27-24(30)19-5-3-4-6-20(19)28-23(29)15-26-21-12-11-18(25)13-22(21)31-2/h3-13,26H,14-15H2,1-2H3,(H,27,30)(H,28,29). The number of amides is 2. The van der Waals surface area contributed by atoms with E-state index in [-0.39, 0.29) is 18.4 Å². The lowest BCUT2D eigenvalue weighted by atomic mass is 10.1. The van der Waals surface area contributed by atoms with Crippen LogP contribution in [0, 0.1) is 12.7 Å². The maximum atomic E-state index is 13.3. The molecule has 0 aliphatic carbocycles. The van der Waals surface area contributed by atoms with Gasteiger partial charge >= 0.3 is 0 Å². The van der Waals surface area contributed by atoms with E-state index in [1.165, 1.54) is 25.3 Å². The van der Waals surface area contributed by atoms with Crippen LogP contribution in [0.4, 0.5) is 15.8 Å². The van der Waals surface area contributed by atoms with Gasteiger partial charge in [-0.15, -0.1) is 0 Å². The molecule has 0 unspecified atom stereocenters. The number of methoxy groups -OCH3 is 1. The van der Waals surface area contributed by atoms with Crippen LogP contribution in [0.25, 0.3) is 0 Å². The third-order valence-electron chi connectivity index (χ3n) is 4.62. The number of nitrogens with one attached hydrogen (secondary N) is 3. The Bertz CT molecular complexity index is 1070. The average Bonchev–Trinajstić information content (AvgIpc) is 2.78. The van der Waals surface area contributed by atoms with Crippen molar-refractivity contribution in [3.8, 4) is 5.75 Å². The molecule has 0 aromatic heterocycles. The van der Waals surface area contributed by atoms with Crippen molar-refractivity contribution in [2.45, 2.75) is 13.5 Å². The van der Waals surface area contributed by atoms with Crippen LogP contribution >= 0.6 is 0 Å². The molecule has 3 N–H and O–H groups in total. The Morgan fingerprint density at radius 3 is 2.45 bits per heavy atom. The molecule has 6 nitrogen and oxygen atoms in total. The monoisotopic (exact) mass is 421 g/mol. The van der Waals surface area contributed by atoms with Crippen molar-refractivity contribution in [1.82, 2.24) is 5.32 Å². The summed E-state index contributed by atoms with van der Waals surface area (Å²) in [5.41, 5.74) is 3.39. The van der Waals surface area contributed by atoms with Crippen LogP contribution < -0.4 is 20.7 Å². The average molecular weight is 421 g/mol. The van der Waals surface area contributed by atoms with E-state index in [4.69, 9.17) is 4.74 Å². The minimum atomic E-state index is -0.433. The number of benzene rings is 3. The highest BCUT2D eigenvalue weighted by molar-refractivity contribution is 6.04. The molecule has 2 amide bonds. The summed E-state index contributed by atoms with van der Waals surface area (Å²) >= 11 is 0. The number of para-hydroxylation sites is 1. The SMILES string of the molecule is COc1cc(F)ccc1NCC(=O)Nc1ccccc1C(=O)NCc1ccc(C)cc1. The molecule has 3 rings (SSSR count). The summed E-state index contributed by atoms with van der Waals surface area (Å²) in [6.45, 7) is 2.30. The smallest absolute Gasteiger partial charge is 0.253 e. The molecule has 160 valence electrons. The molecule has 31 heavy (non-hydrogen) atoms. The number of aryl methyl sites for hydroxylation is 1. The predicted molar refractivity (Wildman–Crippen MR) is 119 cm³/mol. The van der Waals surface area contributed by atoms with E-state index in [9.17, 15) is 14.0 Å². The third kappa shape index (κ3) is 6.05. The Morgan fingerprint density at radius 2 is 1.71 bits per heavy atom. The van der Waals surface area contributed by atoms with E-state index in [0.29, 0.717) is 29.2 Å². The maximum absolute atomic E-state index is 13.3. The van der Waals surface area contributed by atoms with Crippen molar-refractivity contribution in [3.63, 3.8) is 0 Å². The predicted octanol–water partition coefficient (Wildman–Crippen LogP) is 4.12. The second-order valence-corrected chi connectivity index (χ2v) is 6.96. The lowest BCUT2D eigenvalue weighted by molar-refractivity contribution is -0.114. The fourth-order valence-electron chi connectivity index (χ4n) is 2.95. The van der Waals surface area contributed by atoms with Crippen molar-refractivity contribution in [3.05, 3.63) is 89.2 Å². The van der Waals surface area contributed by atoms with E-state index in [0.717, 1.165) is 11.1 Å². The zero-order valence-corrected chi connectivity index (χ0v) is 17.4. The number of halogens is 1. The molecule has 0 spiro atoms. The number of carbonyl (C=O) groups excluding carboxylic acids is 2. The van der Waals surface area contributed by atoms with Gasteiger partial charge in [0.1, 0.15) is 11.6 Å². The van der Waals surface area contributed by atoms with Gasteiger partial charge in [-0.05, 0) is 36.8 Å². The van der Waals surface area contributed by atoms with Gasteiger partial charge in [-0.2, -0.15) is 0 Å². The minimum Gasteiger partial charge on any atom is -0.494 e. The Labute approximate surface area is 180 Å². The number of carbonyl (C=O) groups is 2. The molecule has 0 saturated heterocycles. The van der Waals surface area contributed by atoms with Crippen molar-refractivity contribution in [2.24, 2.45) is 0 Å². The van der Waals surface area contributed by atoms with E-state index in [1.807, 2.05) is 31.2 Å². The van der Waals surface area contributed by atoms with Gasteiger partial charge in [-0.1, -0.05) is 42.0 Å². The quantitative estimate of drug-likeness (QED) is 0.511. The van der Waals surface area contributed by atoms with Crippen LogP contribution in [0.3, 0.4) is 0 Å². The van der Waals surface area contributed by atoms with Gasteiger partial charge in [-0.3, -0.25) is 9.59 Å². The minimum absolute atomic E-state index is 0.0820. The van der Waals surface area contributed by atoms with Gasteiger partial charge in [0, 0.05) is 12.6 Å². The van der Waals surface area contributed by atoms with Gasteiger partial charge in [0.15, 0.2) is 0 Å². The molecule has 0 bridgehead atoms. The van der Waals surface area contributed by atoms with Gasteiger partial charge in [0.05, 0.1) is 30.6 Å². The lowest BCUT2D eigenvalue weighted by Gasteiger charge is -2.13. The molecule has 0 fully saturated rings. The van der Waals surface area contributed by atoms with Crippen molar-refractivity contribution in [1.29, 1.82) is 0 Å². The fraction of sp³-hybridized carbons (Fsp3) is 0.167. The van der Waals surface area contributed by atoms with E-state index in [2.05, 4.69) is 16.0 Å². The van der Waals surface area contributed by atoms with Crippen molar-refractivity contribution in [2.75, 3.05) is 24.3 Å². The second kappa shape index (κ2) is 10.2. The lowest BCUT2D eigenvalue weighted by Crippen LogP contribution is -2.26. The number of hydrogen-bond donors (Lipinski definition) is 3. The van der Waals surface area contributed by atoms with E-state index < -0.39 is 5.82 Å². The first kappa shape index (κ1) is 21.8. The summed E-state index contributed by atoms with van der Waals surface area (Å²) in [5.74, 6) is -0.782. The Balaban J connectivity index is 1.61. The number of ether oxygens (including phenoxy) is 1. The summed E-state index contributed by atoms with van der Waals surface area (Å²) in [6, 6.07) is 18.7. The Morgan fingerprint density at radius 1 is 0.968 bits per heavy atom. The van der Waals surface area contributed by atoms with Crippen LogP contribution in [-0.4, -0.2) is 25.5 Å². The maximum Gasteiger partial charge on any atom is 0.253 e. The van der Waals surface area contributed by atoms with Gasteiger partial charge in [0.2, 0.25) is 5.91 Å². The van der Waals surface area contributed by atoms with Gasteiger partial charge < -0.3 is 20.7 Å². The van der Waals surface area contributed by atoms with E-state index >= 15 is 0 Å². The number of hydrogen-bond acceptors (Lipinski definition) is 4. The van der Waals surface area contributed by atoms with Crippen LogP contribution in [0.5, 0.6) is 5.75 Å². The Hall–Kier alpha value is -3.87. The highest BCUT2D eigenvalue weighted by Gasteiger charge is 2.13. The molecular formula is C24H24FN3O3. The number of rotatable bonds is 8. The van der Waals surface area contributed by atoms with Crippen LogP contribution in [0.1, 0.15) is 21.5 Å². The van der Waals surface area contributed by atoms with Crippen LogP contribution in [0.15, 0.2) is 66.7 Å². The summed E-state index contributed by atoms with van der Waals surface area (Å²) in [4.78, 5) is 25.1. The molecule has 0 heterocycles. The molecule has 0 aliphatic rings. The summed E-state index contributed by atoms with van der Waals surface area (Å²) < 4.78 is 18.4. The van der Waals surface area contributed by atoms with Crippen LogP contribution in [0.2, 0.25) is 0 Å². The largest absolute Gasteiger partial charge is 0.494 e. The molecule has 0 aliphatic heterocycles. The molecular weight excluding hydrogens is 397 g/mol. The molecule has 0 radical (unpaired) electrons. The van der Waals surface area contributed by atoms with Crippen LogP contribution in [-0.2, 0) is 11.3 Å². The van der Waals surface area contributed by atoms with Gasteiger partial charge in [-0.25, -0.2) is 4.39 Å². The van der Waals surface area contributed by atoms with Crippen molar-refractivity contribution >= 4 is 23.2 Å². The van der Waals surface area contributed by atoms with E-state index in [1.54, 1.807) is 24.3 Å². The molecule has 7 heteroatoms. The summed E-state index contributed by atoms with van der Waals surface area (Å²) in [5, 5.41) is 8.51. The van der Waals surface area contributed by atoms with Gasteiger partial charge in [0.25, 0.3) is 5.91 Å². The zero-order chi connectivity index (χ0) is 22.2.